The standard InChI is InChI=1S/C16H18N2O5S/c1-10-4-6-13(7-5-10)14(19)8-9-15(20)18-24(21,22)16-11(2)17-23-12(16)3/h4-7H,8-9H2,1-3H3,(H,18,20). The van der Waals surface area contributed by atoms with E-state index >= 15 is 0 Å². The zero-order chi connectivity index (χ0) is 17.9. The molecular weight excluding hydrogens is 332 g/mol. The molecule has 0 unspecified atom stereocenters. The summed E-state index contributed by atoms with van der Waals surface area (Å²) in [6.45, 7) is 4.82. The van der Waals surface area contributed by atoms with Gasteiger partial charge in [0.05, 0.1) is 0 Å². The molecule has 0 saturated heterocycles. The second-order valence-electron chi connectivity index (χ2n) is 5.47. The minimum atomic E-state index is -4.06. The Morgan fingerprint density at radius 2 is 1.71 bits per heavy atom. The lowest BCUT2D eigenvalue weighted by Crippen LogP contribution is -2.31. The summed E-state index contributed by atoms with van der Waals surface area (Å²) >= 11 is 0. The zero-order valence-electron chi connectivity index (χ0n) is 13.6. The zero-order valence-corrected chi connectivity index (χ0v) is 14.4. The number of hydrogen-bond acceptors (Lipinski definition) is 6. The Morgan fingerprint density at radius 3 is 2.25 bits per heavy atom. The monoisotopic (exact) mass is 350 g/mol. The van der Waals surface area contributed by atoms with Crippen LogP contribution >= 0.6 is 0 Å². The molecule has 0 aliphatic heterocycles. The van der Waals surface area contributed by atoms with Crippen molar-refractivity contribution in [3.8, 4) is 0 Å². The Bertz CT molecular complexity index is 847. The van der Waals surface area contributed by atoms with Gasteiger partial charge >= 0.3 is 0 Å². The molecule has 24 heavy (non-hydrogen) atoms. The summed E-state index contributed by atoms with van der Waals surface area (Å²) in [5.74, 6) is -0.876. The predicted molar refractivity (Wildman–Crippen MR) is 86.0 cm³/mol. The summed E-state index contributed by atoms with van der Waals surface area (Å²) in [6.07, 6.45) is -0.304. The number of nitrogens with one attached hydrogen (secondary N) is 1. The van der Waals surface area contributed by atoms with E-state index in [2.05, 4.69) is 5.16 Å². The first-order valence-electron chi connectivity index (χ1n) is 7.29. The molecule has 2 rings (SSSR count). The smallest absolute Gasteiger partial charge is 0.269 e. The van der Waals surface area contributed by atoms with Gasteiger partial charge in [0.1, 0.15) is 5.69 Å². The van der Waals surface area contributed by atoms with Gasteiger partial charge < -0.3 is 4.52 Å². The molecule has 0 fully saturated rings. The number of Topliss-reactive ketones (excluding diaryl/α,β-unsaturated/α-hetero) is 1. The Hall–Kier alpha value is -2.48. The van der Waals surface area contributed by atoms with Crippen molar-refractivity contribution in [1.82, 2.24) is 9.88 Å². The van der Waals surface area contributed by atoms with Crippen molar-refractivity contribution in [2.45, 2.75) is 38.5 Å². The van der Waals surface area contributed by atoms with Gasteiger partial charge in [-0.2, -0.15) is 0 Å². The number of carbonyl (C=O) groups is 2. The third kappa shape index (κ3) is 4.08. The molecule has 1 amide bonds. The van der Waals surface area contributed by atoms with Crippen molar-refractivity contribution in [3.05, 3.63) is 46.8 Å². The van der Waals surface area contributed by atoms with Crippen molar-refractivity contribution < 1.29 is 22.5 Å². The van der Waals surface area contributed by atoms with Gasteiger partial charge in [-0.25, -0.2) is 13.1 Å². The Morgan fingerprint density at radius 1 is 1.08 bits per heavy atom. The molecular formula is C16H18N2O5S. The maximum absolute atomic E-state index is 12.2. The SMILES string of the molecule is Cc1ccc(C(=O)CCC(=O)NS(=O)(=O)c2c(C)noc2C)cc1. The van der Waals surface area contributed by atoms with Gasteiger partial charge in [0, 0.05) is 18.4 Å². The van der Waals surface area contributed by atoms with E-state index in [9.17, 15) is 18.0 Å². The van der Waals surface area contributed by atoms with E-state index in [1.807, 2.05) is 11.6 Å². The Labute approximate surface area is 140 Å². The summed E-state index contributed by atoms with van der Waals surface area (Å²) in [5.41, 5.74) is 1.68. The van der Waals surface area contributed by atoms with Gasteiger partial charge in [-0.3, -0.25) is 9.59 Å². The lowest BCUT2D eigenvalue weighted by molar-refractivity contribution is -0.119. The van der Waals surface area contributed by atoms with Crippen molar-refractivity contribution in [3.63, 3.8) is 0 Å². The number of benzene rings is 1. The van der Waals surface area contributed by atoms with E-state index in [1.54, 1.807) is 24.3 Å². The molecule has 0 atom stereocenters. The number of ketones is 1. The second-order valence-corrected chi connectivity index (χ2v) is 7.09. The van der Waals surface area contributed by atoms with Gasteiger partial charge in [0.15, 0.2) is 16.4 Å². The van der Waals surface area contributed by atoms with Crippen LogP contribution < -0.4 is 4.72 Å². The predicted octanol–water partition coefficient (Wildman–Crippen LogP) is 2.07. The molecule has 0 radical (unpaired) electrons. The number of hydrogen-bond donors (Lipinski definition) is 1. The molecule has 1 aromatic carbocycles. The van der Waals surface area contributed by atoms with E-state index in [-0.39, 0.29) is 35.0 Å². The van der Waals surface area contributed by atoms with Crippen molar-refractivity contribution in [1.29, 1.82) is 0 Å². The average Bonchev–Trinajstić information content (AvgIpc) is 2.85. The molecule has 1 N–H and O–H groups in total. The fourth-order valence-corrected chi connectivity index (χ4v) is 3.57. The molecule has 0 saturated carbocycles. The highest BCUT2D eigenvalue weighted by Crippen LogP contribution is 2.18. The first-order valence-corrected chi connectivity index (χ1v) is 8.77. The van der Waals surface area contributed by atoms with Gasteiger partial charge in [0.25, 0.3) is 10.0 Å². The van der Waals surface area contributed by atoms with Gasteiger partial charge in [-0.15, -0.1) is 0 Å². The number of rotatable bonds is 6. The van der Waals surface area contributed by atoms with Crippen LogP contribution in [0.1, 0.15) is 40.2 Å². The van der Waals surface area contributed by atoms with Crippen LogP contribution in [0.25, 0.3) is 0 Å². The van der Waals surface area contributed by atoms with Crippen LogP contribution in [0, 0.1) is 20.8 Å². The lowest BCUT2D eigenvalue weighted by atomic mass is 10.1. The second kappa shape index (κ2) is 6.96. The molecule has 128 valence electrons. The summed E-state index contributed by atoms with van der Waals surface area (Å²) in [5, 5.41) is 3.55. The number of aryl methyl sites for hydroxylation is 3. The molecule has 2 aromatic rings. The number of amides is 1. The van der Waals surface area contributed by atoms with Gasteiger partial charge in [-0.05, 0) is 20.8 Å². The molecule has 0 spiro atoms. The normalized spacial score (nSPS) is 11.3. The average molecular weight is 350 g/mol. The number of aromatic nitrogens is 1. The number of sulfonamides is 1. The molecule has 8 heteroatoms. The highest BCUT2D eigenvalue weighted by atomic mass is 32.2. The third-order valence-electron chi connectivity index (χ3n) is 3.44. The quantitative estimate of drug-likeness (QED) is 0.799. The van der Waals surface area contributed by atoms with E-state index in [4.69, 9.17) is 4.52 Å². The van der Waals surface area contributed by atoms with Crippen molar-refractivity contribution in [2.75, 3.05) is 0 Å². The van der Waals surface area contributed by atoms with Gasteiger partial charge in [-0.1, -0.05) is 35.0 Å². The first-order chi connectivity index (χ1) is 11.2. The third-order valence-corrected chi connectivity index (χ3v) is 5.05. The molecule has 0 aliphatic rings. The van der Waals surface area contributed by atoms with E-state index in [1.165, 1.54) is 13.8 Å². The van der Waals surface area contributed by atoms with E-state index in [0.717, 1.165) is 5.56 Å². The minimum Gasteiger partial charge on any atom is -0.360 e. The van der Waals surface area contributed by atoms with Crippen LogP contribution in [0.2, 0.25) is 0 Å². The van der Waals surface area contributed by atoms with Crippen LogP contribution in [0.3, 0.4) is 0 Å². The summed E-state index contributed by atoms with van der Waals surface area (Å²) in [6, 6.07) is 6.96. The molecule has 0 bridgehead atoms. The van der Waals surface area contributed by atoms with E-state index < -0.39 is 15.9 Å². The minimum absolute atomic E-state index is 0.0774. The maximum Gasteiger partial charge on any atom is 0.269 e. The lowest BCUT2D eigenvalue weighted by Gasteiger charge is -2.06. The number of carbonyl (C=O) groups excluding carboxylic acids is 2. The molecule has 0 aliphatic carbocycles. The highest BCUT2D eigenvalue weighted by molar-refractivity contribution is 7.90. The fraction of sp³-hybridized carbons (Fsp3) is 0.312. The molecule has 1 aromatic heterocycles. The Kier molecular flexibility index (Phi) is 5.18. The van der Waals surface area contributed by atoms with Crippen LogP contribution in [-0.2, 0) is 14.8 Å². The summed E-state index contributed by atoms with van der Waals surface area (Å²) < 4.78 is 31.1. The number of nitrogens with zero attached hydrogens (tertiary/aromatic N) is 1. The van der Waals surface area contributed by atoms with Crippen LogP contribution in [0.15, 0.2) is 33.7 Å². The highest BCUT2D eigenvalue weighted by Gasteiger charge is 2.26. The Balaban J connectivity index is 1.98. The van der Waals surface area contributed by atoms with Crippen LogP contribution in [-0.4, -0.2) is 25.3 Å². The van der Waals surface area contributed by atoms with Crippen molar-refractivity contribution >= 4 is 21.7 Å². The van der Waals surface area contributed by atoms with Gasteiger partial charge in [0.2, 0.25) is 5.91 Å². The maximum atomic E-state index is 12.2. The van der Waals surface area contributed by atoms with Crippen molar-refractivity contribution in [2.24, 2.45) is 0 Å². The molecule has 1 heterocycles. The largest absolute Gasteiger partial charge is 0.360 e. The van der Waals surface area contributed by atoms with Crippen LogP contribution in [0.4, 0.5) is 0 Å². The first kappa shape index (κ1) is 17.9. The molecule has 7 nitrogen and oxygen atoms in total. The fourth-order valence-electron chi connectivity index (χ4n) is 2.22. The summed E-state index contributed by atoms with van der Waals surface area (Å²) in [7, 11) is -4.06. The summed E-state index contributed by atoms with van der Waals surface area (Å²) in [4.78, 5) is 23.7. The van der Waals surface area contributed by atoms with E-state index in [0.29, 0.717) is 5.56 Å². The van der Waals surface area contributed by atoms with Crippen LogP contribution in [0.5, 0.6) is 0 Å². The topological polar surface area (TPSA) is 106 Å².